The molecule has 84 valence electrons. The average Bonchev–Trinajstić information content (AvgIpc) is 2.20. The number of halogens is 2. The van der Waals surface area contributed by atoms with Crippen LogP contribution in [0, 0.1) is 5.82 Å². The van der Waals surface area contributed by atoms with E-state index in [0.717, 1.165) is 0 Å². The van der Waals surface area contributed by atoms with Crippen molar-refractivity contribution in [2.45, 2.75) is 25.9 Å². The van der Waals surface area contributed by atoms with Gasteiger partial charge in [0.05, 0.1) is 10.1 Å². The Bertz CT molecular complexity index is 341. The highest BCUT2D eigenvalue weighted by Gasteiger charge is 2.16. The monoisotopic (exact) mass is 275 g/mol. The van der Waals surface area contributed by atoms with Crippen LogP contribution in [0.2, 0.25) is 0 Å². The van der Waals surface area contributed by atoms with Crippen molar-refractivity contribution >= 4 is 21.6 Å². The van der Waals surface area contributed by atoms with E-state index in [-0.39, 0.29) is 5.82 Å². The molecule has 0 heterocycles. The molecule has 1 atom stereocenters. The maximum Gasteiger partial charge on any atom is 0.139 e. The number of nitrogens with one attached hydrogen (secondary N) is 1. The molecule has 0 aliphatic rings. The summed E-state index contributed by atoms with van der Waals surface area (Å²) in [5.41, 5.74) is -0.0896. The van der Waals surface area contributed by atoms with Gasteiger partial charge >= 0.3 is 0 Å². The van der Waals surface area contributed by atoms with E-state index in [1.165, 1.54) is 6.07 Å². The Morgan fingerprint density at radius 2 is 2.20 bits per heavy atom. The van der Waals surface area contributed by atoms with Crippen molar-refractivity contribution in [2.75, 3.05) is 11.9 Å². The van der Waals surface area contributed by atoms with Crippen molar-refractivity contribution in [1.29, 1.82) is 0 Å². The lowest BCUT2D eigenvalue weighted by Gasteiger charge is -2.22. The van der Waals surface area contributed by atoms with Gasteiger partial charge in [-0.3, -0.25) is 0 Å². The van der Waals surface area contributed by atoms with Crippen LogP contribution in [0.25, 0.3) is 0 Å². The Labute approximate surface area is 97.6 Å². The van der Waals surface area contributed by atoms with Crippen LogP contribution in [-0.4, -0.2) is 17.3 Å². The van der Waals surface area contributed by atoms with Crippen LogP contribution in [-0.2, 0) is 0 Å². The van der Waals surface area contributed by atoms with Crippen LogP contribution < -0.4 is 5.32 Å². The van der Waals surface area contributed by atoms with E-state index >= 15 is 0 Å². The predicted octanol–water partition coefficient (Wildman–Crippen LogP) is 3.16. The second-order valence-corrected chi connectivity index (χ2v) is 4.69. The first kappa shape index (κ1) is 12.5. The smallest absolute Gasteiger partial charge is 0.139 e. The number of hydrogen-bond acceptors (Lipinski definition) is 2. The summed E-state index contributed by atoms with van der Waals surface area (Å²) in [6.45, 7) is 4.06. The molecule has 1 rings (SSSR count). The summed E-state index contributed by atoms with van der Waals surface area (Å²) in [6, 6.07) is 4.80. The van der Waals surface area contributed by atoms with Crippen molar-refractivity contribution in [2.24, 2.45) is 0 Å². The second kappa shape index (κ2) is 4.94. The summed E-state index contributed by atoms with van der Waals surface area (Å²) >= 11 is 3.08. The molecular weight excluding hydrogens is 261 g/mol. The van der Waals surface area contributed by atoms with E-state index in [2.05, 4.69) is 21.2 Å². The predicted molar refractivity (Wildman–Crippen MR) is 63.5 cm³/mol. The third-order valence-electron chi connectivity index (χ3n) is 2.35. The van der Waals surface area contributed by atoms with Crippen LogP contribution >= 0.6 is 15.9 Å². The number of aliphatic hydroxyl groups is 1. The molecule has 0 amide bonds. The van der Waals surface area contributed by atoms with Crippen molar-refractivity contribution in [1.82, 2.24) is 0 Å². The fraction of sp³-hybridized carbons (Fsp3) is 0.455. The lowest BCUT2D eigenvalue weighted by molar-refractivity contribution is 0.0697. The largest absolute Gasteiger partial charge is 0.388 e. The molecule has 4 heteroatoms. The molecule has 0 saturated heterocycles. The molecule has 15 heavy (non-hydrogen) atoms. The molecule has 2 N–H and O–H groups in total. The average molecular weight is 276 g/mol. The summed E-state index contributed by atoms with van der Waals surface area (Å²) < 4.78 is 13.6. The van der Waals surface area contributed by atoms with E-state index in [4.69, 9.17) is 0 Å². The standard InChI is InChI=1S/C11H15BrFNO/c1-3-11(2,15)7-14-8-4-5-9(12)10(13)6-8/h4-6,14-15H,3,7H2,1-2H3. The van der Waals surface area contributed by atoms with Crippen molar-refractivity contribution in [3.8, 4) is 0 Å². The topological polar surface area (TPSA) is 32.3 Å². The quantitative estimate of drug-likeness (QED) is 0.885. The Morgan fingerprint density at radius 3 is 2.73 bits per heavy atom. The van der Waals surface area contributed by atoms with Crippen LogP contribution in [0.15, 0.2) is 22.7 Å². The summed E-state index contributed by atoms with van der Waals surface area (Å²) in [4.78, 5) is 0. The SMILES string of the molecule is CCC(C)(O)CNc1ccc(Br)c(F)c1. The first-order valence-electron chi connectivity index (χ1n) is 4.86. The van der Waals surface area contributed by atoms with E-state index < -0.39 is 5.60 Å². The van der Waals surface area contributed by atoms with E-state index in [1.807, 2.05) is 6.92 Å². The summed E-state index contributed by atoms with van der Waals surface area (Å²) in [5.74, 6) is -0.309. The fourth-order valence-electron chi connectivity index (χ4n) is 1.02. The molecule has 0 aliphatic heterocycles. The molecular formula is C11H15BrFNO. The molecule has 2 nitrogen and oxygen atoms in total. The number of anilines is 1. The van der Waals surface area contributed by atoms with Crippen LogP contribution in [0.3, 0.4) is 0 Å². The molecule has 1 unspecified atom stereocenters. The lowest BCUT2D eigenvalue weighted by atomic mass is 10.0. The highest BCUT2D eigenvalue weighted by molar-refractivity contribution is 9.10. The molecule has 0 radical (unpaired) electrons. The highest BCUT2D eigenvalue weighted by Crippen LogP contribution is 2.20. The first-order chi connectivity index (χ1) is 6.94. The van der Waals surface area contributed by atoms with E-state index in [1.54, 1.807) is 19.1 Å². The summed E-state index contributed by atoms with van der Waals surface area (Å²) in [6.07, 6.45) is 0.652. The zero-order chi connectivity index (χ0) is 11.5. The van der Waals surface area contributed by atoms with Crippen molar-refractivity contribution in [3.05, 3.63) is 28.5 Å². The molecule has 0 fully saturated rings. The molecule has 0 bridgehead atoms. The van der Waals surface area contributed by atoms with Crippen LogP contribution in [0.4, 0.5) is 10.1 Å². The first-order valence-corrected chi connectivity index (χ1v) is 5.65. The minimum absolute atomic E-state index is 0.309. The summed E-state index contributed by atoms with van der Waals surface area (Å²) in [5, 5.41) is 12.7. The fourth-order valence-corrected chi connectivity index (χ4v) is 1.27. The number of benzene rings is 1. The zero-order valence-electron chi connectivity index (χ0n) is 8.85. The van der Waals surface area contributed by atoms with Gasteiger partial charge in [-0.25, -0.2) is 4.39 Å². The van der Waals surface area contributed by atoms with Gasteiger partial charge < -0.3 is 10.4 Å². The Hall–Kier alpha value is -0.610. The highest BCUT2D eigenvalue weighted by atomic mass is 79.9. The van der Waals surface area contributed by atoms with E-state index in [0.29, 0.717) is 23.1 Å². The van der Waals surface area contributed by atoms with Crippen LogP contribution in [0.1, 0.15) is 20.3 Å². The van der Waals surface area contributed by atoms with Gasteiger partial charge in [0.25, 0.3) is 0 Å². The number of hydrogen-bond donors (Lipinski definition) is 2. The van der Waals surface area contributed by atoms with E-state index in [9.17, 15) is 9.50 Å². The Morgan fingerprint density at radius 1 is 1.53 bits per heavy atom. The van der Waals surface area contributed by atoms with Crippen molar-refractivity contribution in [3.63, 3.8) is 0 Å². The third kappa shape index (κ3) is 3.80. The second-order valence-electron chi connectivity index (χ2n) is 3.83. The normalized spacial score (nSPS) is 14.7. The van der Waals surface area contributed by atoms with Gasteiger partial charge in [0.15, 0.2) is 0 Å². The number of rotatable bonds is 4. The van der Waals surface area contributed by atoms with Gasteiger partial charge in [0, 0.05) is 12.2 Å². The molecule has 1 aromatic carbocycles. The minimum atomic E-state index is -0.760. The summed E-state index contributed by atoms with van der Waals surface area (Å²) in [7, 11) is 0. The maximum absolute atomic E-state index is 13.1. The Kier molecular flexibility index (Phi) is 4.11. The minimum Gasteiger partial charge on any atom is -0.388 e. The van der Waals surface area contributed by atoms with Gasteiger partial charge in [0.2, 0.25) is 0 Å². The van der Waals surface area contributed by atoms with Gasteiger partial charge in [-0.15, -0.1) is 0 Å². The van der Waals surface area contributed by atoms with Gasteiger partial charge in [0.1, 0.15) is 5.82 Å². The van der Waals surface area contributed by atoms with Gasteiger partial charge in [-0.1, -0.05) is 6.92 Å². The maximum atomic E-state index is 13.1. The van der Waals surface area contributed by atoms with Gasteiger partial charge in [-0.2, -0.15) is 0 Å². The zero-order valence-corrected chi connectivity index (χ0v) is 10.4. The van der Waals surface area contributed by atoms with Gasteiger partial charge in [-0.05, 0) is 47.5 Å². The van der Waals surface area contributed by atoms with Crippen molar-refractivity contribution < 1.29 is 9.50 Å². The lowest BCUT2D eigenvalue weighted by Crippen LogP contribution is -2.32. The molecule has 0 aliphatic carbocycles. The van der Waals surface area contributed by atoms with Crippen LogP contribution in [0.5, 0.6) is 0 Å². The molecule has 0 aromatic heterocycles. The Balaban J connectivity index is 2.62. The third-order valence-corrected chi connectivity index (χ3v) is 3.00. The molecule has 0 saturated carbocycles. The molecule has 0 spiro atoms. The molecule has 1 aromatic rings.